The molecule has 0 radical (unpaired) electrons. The highest BCUT2D eigenvalue weighted by atomic mass is 32.2. The molecule has 41 heavy (non-hydrogen) atoms. The van der Waals surface area contributed by atoms with Gasteiger partial charge in [-0.2, -0.15) is 0 Å². The molecule has 1 fully saturated rings. The molecule has 1 N–H and O–H groups in total. The van der Waals surface area contributed by atoms with E-state index in [1.54, 1.807) is 11.0 Å². The summed E-state index contributed by atoms with van der Waals surface area (Å²) < 4.78 is 27.3. The van der Waals surface area contributed by atoms with Crippen LogP contribution < -0.4 is 9.62 Å². The second-order valence-corrected chi connectivity index (χ2v) is 13.0. The van der Waals surface area contributed by atoms with Crippen molar-refractivity contribution >= 4 is 27.5 Å². The van der Waals surface area contributed by atoms with E-state index in [1.807, 2.05) is 86.6 Å². The Balaban J connectivity index is 1.72. The number of sulfonamides is 1. The molecule has 4 rings (SSSR count). The van der Waals surface area contributed by atoms with Gasteiger partial charge in [0.15, 0.2) is 0 Å². The lowest BCUT2D eigenvalue weighted by molar-refractivity contribution is -0.140. The van der Waals surface area contributed by atoms with Crippen LogP contribution in [0, 0.1) is 13.8 Å². The Morgan fingerprint density at radius 3 is 2.10 bits per heavy atom. The monoisotopic (exact) mass is 575 g/mol. The Morgan fingerprint density at radius 1 is 0.878 bits per heavy atom. The van der Waals surface area contributed by atoms with Crippen molar-refractivity contribution < 1.29 is 18.0 Å². The summed E-state index contributed by atoms with van der Waals surface area (Å²) in [5.74, 6) is -0.636. The zero-order chi connectivity index (χ0) is 29.4. The van der Waals surface area contributed by atoms with E-state index in [9.17, 15) is 18.0 Å². The van der Waals surface area contributed by atoms with Gasteiger partial charge >= 0.3 is 0 Å². The van der Waals surface area contributed by atoms with Crippen LogP contribution in [0.25, 0.3) is 0 Å². The van der Waals surface area contributed by atoms with E-state index in [2.05, 4.69) is 5.32 Å². The molecule has 2 amide bonds. The number of benzene rings is 3. The minimum Gasteiger partial charge on any atom is -0.352 e. The highest BCUT2D eigenvalue weighted by molar-refractivity contribution is 7.92. The summed E-state index contributed by atoms with van der Waals surface area (Å²) >= 11 is 0. The Bertz CT molecular complexity index is 1420. The van der Waals surface area contributed by atoms with Crippen LogP contribution in [0.1, 0.15) is 54.4 Å². The van der Waals surface area contributed by atoms with Gasteiger partial charge in [-0.15, -0.1) is 0 Å². The maximum Gasteiger partial charge on any atom is 0.244 e. The van der Waals surface area contributed by atoms with Gasteiger partial charge in [0.2, 0.25) is 21.8 Å². The Hall–Kier alpha value is -3.65. The fourth-order valence-corrected chi connectivity index (χ4v) is 6.36. The van der Waals surface area contributed by atoms with Gasteiger partial charge in [0.25, 0.3) is 0 Å². The lowest BCUT2D eigenvalue weighted by Gasteiger charge is -2.35. The summed E-state index contributed by atoms with van der Waals surface area (Å²) in [5, 5.41) is 3.23. The zero-order valence-electron chi connectivity index (χ0n) is 24.3. The van der Waals surface area contributed by atoms with Crippen LogP contribution in [0.15, 0.2) is 78.9 Å². The van der Waals surface area contributed by atoms with E-state index in [4.69, 9.17) is 0 Å². The van der Waals surface area contributed by atoms with Gasteiger partial charge < -0.3 is 10.2 Å². The lowest BCUT2D eigenvalue weighted by Crippen LogP contribution is -2.55. The molecular formula is C33H41N3O4S. The Kier molecular flexibility index (Phi) is 10.2. The van der Waals surface area contributed by atoms with Crippen LogP contribution in [0.3, 0.4) is 0 Å². The second kappa shape index (κ2) is 13.8. The van der Waals surface area contributed by atoms with Crippen LogP contribution in [0.2, 0.25) is 0 Å². The summed E-state index contributed by atoms with van der Waals surface area (Å²) in [6.07, 6.45) is 6.58. The molecule has 1 saturated carbocycles. The van der Waals surface area contributed by atoms with Crippen LogP contribution in [0.5, 0.6) is 0 Å². The maximum atomic E-state index is 14.2. The molecule has 8 heteroatoms. The van der Waals surface area contributed by atoms with Gasteiger partial charge in [-0.05, 0) is 55.0 Å². The maximum absolute atomic E-state index is 14.2. The van der Waals surface area contributed by atoms with Gasteiger partial charge in [0, 0.05) is 19.0 Å². The van der Waals surface area contributed by atoms with Gasteiger partial charge in [0.1, 0.15) is 12.6 Å². The molecule has 0 aliphatic heterocycles. The molecule has 0 bridgehead atoms. The third-order valence-corrected chi connectivity index (χ3v) is 8.86. The highest BCUT2D eigenvalue weighted by Crippen LogP contribution is 2.25. The second-order valence-electron chi connectivity index (χ2n) is 11.1. The molecule has 0 unspecified atom stereocenters. The summed E-state index contributed by atoms with van der Waals surface area (Å²) in [6.45, 7) is 3.49. The molecule has 0 aromatic heterocycles. The van der Waals surface area contributed by atoms with Crippen LogP contribution in [-0.2, 0) is 32.6 Å². The average Bonchev–Trinajstić information content (AvgIpc) is 2.96. The highest BCUT2D eigenvalue weighted by Gasteiger charge is 2.34. The van der Waals surface area contributed by atoms with Crippen LogP contribution in [-0.4, -0.2) is 50.0 Å². The number of carbonyl (C=O) groups excluding carboxylic acids is 2. The number of nitrogens with one attached hydrogen (secondary N) is 1. The first-order valence-electron chi connectivity index (χ1n) is 14.3. The molecule has 7 nitrogen and oxygen atoms in total. The third kappa shape index (κ3) is 8.43. The summed E-state index contributed by atoms with van der Waals surface area (Å²) in [5.41, 5.74) is 3.89. The predicted molar refractivity (Wildman–Crippen MR) is 164 cm³/mol. The predicted octanol–water partition coefficient (Wildman–Crippen LogP) is 5.16. The molecule has 0 heterocycles. The lowest BCUT2D eigenvalue weighted by atomic mass is 9.94. The van der Waals surface area contributed by atoms with E-state index in [1.165, 1.54) is 0 Å². The third-order valence-electron chi connectivity index (χ3n) is 7.73. The topological polar surface area (TPSA) is 86.8 Å². The van der Waals surface area contributed by atoms with Crippen LogP contribution >= 0.6 is 0 Å². The van der Waals surface area contributed by atoms with E-state index >= 15 is 0 Å². The molecule has 1 aliphatic rings. The smallest absolute Gasteiger partial charge is 0.244 e. The first kappa shape index (κ1) is 30.3. The number of anilines is 1. The van der Waals surface area contributed by atoms with Crippen molar-refractivity contribution in [1.29, 1.82) is 0 Å². The fraction of sp³-hybridized carbons (Fsp3) is 0.394. The quantitative estimate of drug-likeness (QED) is 0.342. The number of hydrogen-bond acceptors (Lipinski definition) is 4. The summed E-state index contributed by atoms with van der Waals surface area (Å²) in [7, 11) is -3.80. The number of aryl methyl sites for hydroxylation is 2. The largest absolute Gasteiger partial charge is 0.352 e. The first-order valence-corrected chi connectivity index (χ1v) is 16.2. The van der Waals surface area contributed by atoms with Gasteiger partial charge in [-0.3, -0.25) is 13.9 Å². The van der Waals surface area contributed by atoms with Gasteiger partial charge in [-0.25, -0.2) is 8.42 Å². The van der Waals surface area contributed by atoms with Crippen LogP contribution in [0.4, 0.5) is 5.69 Å². The number of rotatable bonds is 11. The summed E-state index contributed by atoms with van der Waals surface area (Å²) in [4.78, 5) is 29.8. The molecule has 218 valence electrons. The molecule has 3 aromatic carbocycles. The average molecular weight is 576 g/mol. The van der Waals surface area contributed by atoms with Crippen molar-refractivity contribution in [3.05, 3.63) is 101 Å². The van der Waals surface area contributed by atoms with E-state index in [0.29, 0.717) is 12.1 Å². The normalized spacial score (nSPS) is 14.7. The minimum absolute atomic E-state index is 0.0747. The molecule has 0 spiro atoms. The zero-order valence-corrected chi connectivity index (χ0v) is 25.1. The van der Waals surface area contributed by atoms with E-state index < -0.39 is 28.5 Å². The van der Waals surface area contributed by atoms with E-state index in [0.717, 1.165) is 64.9 Å². The van der Waals surface area contributed by atoms with Crippen molar-refractivity contribution in [2.45, 2.75) is 71.0 Å². The Labute approximate surface area is 244 Å². The van der Waals surface area contributed by atoms with Crippen molar-refractivity contribution in [3.8, 4) is 0 Å². The number of carbonyl (C=O) groups is 2. The standard InChI is InChI=1S/C33H41N3O4S/c1-25-19-20-26(2)30(21-25)36(41(3,39)40)24-32(37)35(23-28-15-9-5-10-16-28)31(22-27-13-7-4-8-14-27)33(38)34-29-17-11-6-12-18-29/h4-5,7-10,13-16,19-21,29,31H,6,11-12,17-18,22-24H2,1-3H3,(H,34,38)/t31-/m0/s1. The Morgan fingerprint density at radius 2 is 1.49 bits per heavy atom. The van der Waals surface area contributed by atoms with Crippen molar-refractivity contribution in [2.75, 3.05) is 17.1 Å². The minimum atomic E-state index is -3.80. The fourth-order valence-electron chi connectivity index (χ4n) is 5.46. The molecular weight excluding hydrogens is 534 g/mol. The summed E-state index contributed by atoms with van der Waals surface area (Å²) in [6, 6.07) is 24.0. The first-order chi connectivity index (χ1) is 19.6. The molecule has 1 aliphatic carbocycles. The molecule has 3 aromatic rings. The SMILES string of the molecule is Cc1ccc(C)c(N(CC(=O)N(Cc2ccccc2)[C@@H](Cc2ccccc2)C(=O)NC2CCCCC2)S(C)(=O)=O)c1. The van der Waals surface area contributed by atoms with Gasteiger partial charge in [-0.1, -0.05) is 92.1 Å². The number of hydrogen-bond donors (Lipinski definition) is 1. The molecule has 1 atom stereocenters. The van der Waals surface area contributed by atoms with Crippen molar-refractivity contribution in [3.63, 3.8) is 0 Å². The van der Waals surface area contributed by atoms with Gasteiger partial charge in [0.05, 0.1) is 11.9 Å². The molecule has 0 saturated heterocycles. The number of nitrogens with zero attached hydrogens (tertiary/aromatic N) is 2. The van der Waals surface area contributed by atoms with E-state index in [-0.39, 0.29) is 18.5 Å². The number of amides is 2. The van der Waals surface area contributed by atoms with Crippen molar-refractivity contribution in [1.82, 2.24) is 10.2 Å². The van der Waals surface area contributed by atoms with Crippen molar-refractivity contribution in [2.24, 2.45) is 0 Å².